The van der Waals surface area contributed by atoms with Gasteiger partial charge in [0, 0.05) is 23.8 Å². The maximum Gasteiger partial charge on any atom is 0.411 e. The van der Waals surface area contributed by atoms with Crippen LogP contribution in [0.2, 0.25) is 0 Å². The van der Waals surface area contributed by atoms with E-state index in [9.17, 15) is 14.7 Å². The number of ether oxygens (including phenoxy) is 1. The molecule has 0 saturated heterocycles. The molecule has 1 N–H and O–H groups in total. The van der Waals surface area contributed by atoms with Gasteiger partial charge in [0.2, 0.25) is 0 Å². The van der Waals surface area contributed by atoms with Gasteiger partial charge in [-0.25, -0.2) is 9.59 Å². The molecule has 7 nitrogen and oxygen atoms in total. The molecule has 7 heteroatoms. The summed E-state index contributed by atoms with van der Waals surface area (Å²) in [6.07, 6.45) is 2.47. The number of aromatic nitrogens is 2. The standard InChI is InChI=1S/C19H25N3O4/c1-13(2)21-11-16(10-20-21)17(18(23)24)22(14(3)4)19(25)26-12-15-8-6-5-7-9-15/h5-11,13-14,17H,12H2,1-4H3,(H,23,24). The Kier molecular flexibility index (Phi) is 6.38. The summed E-state index contributed by atoms with van der Waals surface area (Å²) in [5.41, 5.74) is 1.28. The van der Waals surface area contributed by atoms with Crippen LogP contribution in [0.4, 0.5) is 4.79 Å². The van der Waals surface area contributed by atoms with Gasteiger partial charge in [-0.15, -0.1) is 0 Å². The van der Waals surface area contributed by atoms with E-state index in [1.54, 1.807) is 24.7 Å². The van der Waals surface area contributed by atoms with Crippen LogP contribution in [0.15, 0.2) is 42.7 Å². The van der Waals surface area contributed by atoms with Crippen molar-refractivity contribution in [3.8, 4) is 0 Å². The number of carbonyl (C=O) groups is 2. The number of amides is 1. The van der Waals surface area contributed by atoms with Crippen molar-refractivity contribution in [3.05, 3.63) is 53.9 Å². The molecular weight excluding hydrogens is 334 g/mol. The van der Waals surface area contributed by atoms with Crippen LogP contribution in [0, 0.1) is 0 Å². The summed E-state index contributed by atoms with van der Waals surface area (Å²) in [4.78, 5) is 25.8. The molecule has 0 aliphatic carbocycles. The maximum atomic E-state index is 12.6. The number of nitrogens with zero attached hydrogens (tertiary/aromatic N) is 3. The molecule has 140 valence electrons. The highest BCUT2D eigenvalue weighted by molar-refractivity contribution is 5.81. The average molecular weight is 359 g/mol. The van der Waals surface area contributed by atoms with Crippen molar-refractivity contribution < 1.29 is 19.4 Å². The van der Waals surface area contributed by atoms with Gasteiger partial charge in [0.1, 0.15) is 6.61 Å². The van der Waals surface area contributed by atoms with Gasteiger partial charge in [0.05, 0.1) is 6.20 Å². The Morgan fingerprint density at radius 1 is 1.19 bits per heavy atom. The van der Waals surface area contributed by atoms with Crippen molar-refractivity contribution in [1.82, 2.24) is 14.7 Å². The molecule has 2 rings (SSSR count). The number of carboxylic acid groups (broad SMARTS) is 1. The van der Waals surface area contributed by atoms with Crippen LogP contribution < -0.4 is 0 Å². The lowest BCUT2D eigenvalue weighted by molar-refractivity contribution is -0.143. The van der Waals surface area contributed by atoms with E-state index in [0.29, 0.717) is 5.56 Å². The minimum atomic E-state index is -1.16. The number of aliphatic carboxylic acids is 1. The molecule has 0 saturated carbocycles. The lowest BCUT2D eigenvalue weighted by Crippen LogP contribution is -2.43. The third kappa shape index (κ3) is 4.62. The van der Waals surface area contributed by atoms with Crippen LogP contribution in [0.3, 0.4) is 0 Å². The quantitative estimate of drug-likeness (QED) is 0.816. The van der Waals surface area contributed by atoms with E-state index in [1.807, 2.05) is 44.2 Å². The third-order valence-corrected chi connectivity index (χ3v) is 3.95. The molecule has 0 aliphatic heterocycles. The lowest BCUT2D eigenvalue weighted by Gasteiger charge is -2.31. The molecule has 1 unspecified atom stereocenters. The molecule has 2 aromatic rings. The number of carbonyl (C=O) groups excluding carboxylic acids is 1. The maximum absolute atomic E-state index is 12.6. The van der Waals surface area contributed by atoms with Crippen molar-refractivity contribution in [3.63, 3.8) is 0 Å². The highest BCUT2D eigenvalue weighted by Gasteiger charge is 2.35. The van der Waals surface area contributed by atoms with E-state index >= 15 is 0 Å². The minimum Gasteiger partial charge on any atom is -0.479 e. The fourth-order valence-electron chi connectivity index (χ4n) is 2.61. The summed E-state index contributed by atoms with van der Waals surface area (Å²) in [5, 5.41) is 13.9. The lowest BCUT2D eigenvalue weighted by atomic mass is 10.1. The van der Waals surface area contributed by atoms with Gasteiger partial charge in [-0.3, -0.25) is 9.58 Å². The molecule has 1 amide bonds. The molecule has 0 fully saturated rings. The van der Waals surface area contributed by atoms with Crippen LogP contribution in [0.1, 0.15) is 50.9 Å². The summed E-state index contributed by atoms with van der Waals surface area (Å²) in [6.45, 7) is 7.49. The Morgan fingerprint density at radius 3 is 2.35 bits per heavy atom. The first-order valence-corrected chi connectivity index (χ1v) is 8.57. The van der Waals surface area contributed by atoms with Gasteiger partial charge in [-0.2, -0.15) is 5.10 Å². The van der Waals surface area contributed by atoms with E-state index in [2.05, 4.69) is 5.10 Å². The average Bonchev–Trinajstić information content (AvgIpc) is 3.07. The van der Waals surface area contributed by atoms with E-state index < -0.39 is 18.1 Å². The van der Waals surface area contributed by atoms with Crippen molar-refractivity contribution in [2.24, 2.45) is 0 Å². The first kappa shape index (κ1) is 19.5. The van der Waals surface area contributed by atoms with Crippen LogP contribution in [-0.2, 0) is 16.1 Å². The first-order chi connectivity index (χ1) is 12.3. The summed E-state index contributed by atoms with van der Waals surface area (Å²) in [5.74, 6) is -1.13. The van der Waals surface area contributed by atoms with Gasteiger partial charge < -0.3 is 9.84 Å². The topological polar surface area (TPSA) is 84.7 Å². The van der Waals surface area contributed by atoms with E-state index in [-0.39, 0.29) is 18.7 Å². The number of hydrogen-bond donors (Lipinski definition) is 1. The van der Waals surface area contributed by atoms with Crippen molar-refractivity contribution >= 4 is 12.1 Å². The Labute approximate surface area is 153 Å². The number of benzene rings is 1. The molecular formula is C19H25N3O4. The molecule has 1 atom stereocenters. The van der Waals surface area contributed by atoms with Gasteiger partial charge in [-0.1, -0.05) is 30.3 Å². The zero-order chi connectivity index (χ0) is 19.3. The molecule has 26 heavy (non-hydrogen) atoms. The molecule has 1 aromatic heterocycles. The zero-order valence-corrected chi connectivity index (χ0v) is 15.5. The number of rotatable bonds is 7. The van der Waals surface area contributed by atoms with Crippen molar-refractivity contribution in [2.45, 2.75) is 52.4 Å². The van der Waals surface area contributed by atoms with Crippen LogP contribution >= 0.6 is 0 Å². The van der Waals surface area contributed by atoms with Crippen molar-refractivity contribution in [1.29, 1.82) is 0 Å². The van der Waals surface area contributed by atoms with E-state index in [4.69, 9.17) is 4.74 Å². The number of carboxylic acids is 1. The molecule has 0 bridgehead atoms. The smallest absolute Gasteiger partial charge is 0.411 e. The van der Waals surface area contributed by atoms with E-state index in [0.717, 1.165) is 5.56 Å². The fraction of sp³-hybridized carbons (Fsp3) is 0.421. The third-order valence-electron chi connectivity index (χ3n) is 3.95. The van der Waals surface area contributed by atoms with Gasteiger partial charge >= 0.3 is 12.1 Å². The van der Waals surface area contributed by atoms with Crippen molar-refractivity contribution in [2.75, 3.05) is 0 Å². The zero-order valence-electron chi connectivity index (χ0n) is 15.5. The summed E-state index contributed by atoms with van der Waals surface area (Å²) in [6, 6.07) is 7.83. The summed E-state index contributed by atoms with van der Waals surface area (Å²) >= 11 is 0. The summed E-state index contributed by atoms with van der Waals surface area (Å²) < 4.78 is 7.02. The van der Waals surface area contributed by atoms with Crippen LogP contribution in [0.5, 0.6) is 0 Å². The molecule has 1 heterocycles. The Balaban J connectivity index is 2.22. The normalized spacial score (nSPS) is 12.2. The summed E-state index contributed by atoms with van der Waals surface area (Å²) in [7, 11) is 0. The molecule has 1 aromatic carbocycles. The largest absolute Gasteiger partial charge is 0.479 e. The Morgan fingerprint density at radius 2 is 1.85 bits per heavy atom. The predicted molar refractivity (Wildman–Crippen MR) is 96.6 cm³/mol. The monoisotopic (exact) mass is 359 g/mol. The van der Waals surface area contributed by atoms with Gasteiger partial charge in [0.15, 0.2) is 6.04 Å². The van der Waals surface area contributed by atoms with Crippen LogP contribution in [-0.4, -0.2) is 37.9 Å². The molecule has 0 radical (unpaired) electrons. The highest BCUT2D eigenvalue weighted by atomic mass is 16.6. The van der Waals surface area contributed by atoms with Gasteiger partial charge in [0.25, 0.3) is 0 Å². The molecule has 0 spiro atoms. The predicted octanol–water partition coefficient (Wildman–Crippen LogP) is 3.64. The Hall–Kier alpha value is -2.83. The number of hydrogen-bond acceptors (Lipinski definition) is 4. The SMILES string of the molecule is CC(C)N(C(=O)OCc1ccccc1)C(C(=O)O)c1cnn(C(C)C)c1. The van der Waals surface area contributed by atoms with Crippen LogP contribution in [0.25, 0.3) is 0 Å². The van der Waals surface area contributed by atoms with Gasteiger partial charge in [-0.05, 0) is 33.3 Å². The minimum absolute atomic E-state index is 0.0838. The van der Waals surface area contributed by atoms with E-state index in [1.165, 1.54) is 11.1 Å². The second kappa shape index (κ2) is 8.51. The highest BCUT2D eigenvalue weighted by Crippen LogP contribution is 2.25. The fourth-order valence-corrected chi connectivity index (χ4v) is 2.61. The first-order valence-electron chi connectivity index (χ1n) is 8.57. The molecule has 0 aliphatic rings. The second-order valence-electron chi connectivity index (χ2n) is 6.63. The Bertz CT molecular complexity index is 740. The second-order valence-corrected chi connectivity index (χ2v) is 6.63.